The molecule has 18 heavy (non-hydrogen) atoms. The monoisotopic (exact) mass is 236 g/mol. The lowest BCUT2D eigenvalue weighted by atomic mass is 10.4. The van der Waals surface area contributed by atoms with Crippen LogP contribution in [0.1, 0.15) is 0 Å². The zero-order valence-electron chi connectivity index (χ0n) is 10.1. The van der Waals surface area contributed by atoms with Gasteiger partial charge in [0.1, 0.15) is 0 Å². The van der Waals surface area contributed by atoms with Gasteiger partial charge in [-0.25, -0.2) is 0 Å². The van der Waals surface area contributed by atoms with Crippen molar-refractivity contribution in [1.29, 1.82) is 0 Å². The number of hydrogen-bond acceptors (Lipinski definition) is 2. The highest BCUT2D eigenvalue weighted by atomic mass is 15.1. The lowest BCUT2D eigenvalue weighted by Gasteiger charge is -1.69. The molecule has 0 aliphatic heterocycles. The van der Waals surface area contributed by atoms with E-state index in [-0.39, 0.29) is 0 Å². The highest BCUT2D eigenvalue weighted by Gasteiger charge is 1.59. The van der Waals surface area contributed by atoms with E-state index >= 15 is 0 Å². The fraction of sp³-hybridized carbons (Fsp3) is 0. The predicted molar refractivity (Wildman–Crippen MR) is 74.9 cm³/mol. The maximum Gasteiger partial charge on any atom is 0.0495 e. The molecule has 0 bridgehead atoms. The second-order valence-corrected chi connectivity index (χ2v) is 3.22. The molecule has 90 valence electrons. The van der Waals surface area contributed by atoms with Gasteiger partial charge in [-0.05, 0) is 12.1 Å². The van der Waals surface area contributed by atoms with Crippen molar-refractivity contribution < 1.29 is 0 Å². The summed E-state index contributed by atoms with van der Waals surface area (Å²) in [6.45, 7) is 0. The first-order valence-corrected chi connectivity index (χ1v) is 5.72. The summed E-state index contributed by atoms with van der Waals surface area (Å²) in [7, 11) is 0. The molecule has 0 unspecified atom stereocenters. The Morgan fingerprint density at radius 2 is 0.500 bits per heavy atom. The van der Waals surface area contributed by atoms with Crippen molar-refractivity contribution in [1.82, 2.24) is 10.2 Å². The van der Waals surface area contributed by atoms with E-state index in [0.29, 0.717) is 0 Å². The van der Waals surface area contributed by atoms with Gasteiger partial charge >= 0.3 is 0 Å². The first-order valence-electron chi connectivity index (χ1n) is 5.72. The summed E-state index contributed by atoms with van der Waals surface area (Å²) in [6, 6.07) is 27.0. The van der Waals surface area contributed by atoms with Gasteiger partial charge in [0.25, 0.3) is 0 Å². The molecular weight excluding hydrogens is 220 g/mol. The first kappa shape index (κ1) is 13.6. The summed E-state index contributed by atoms with van der Waals surface area (Å²) in [5.41, 5.74) is 0. The second-order valence-electron chi connectivity index (χ2n) is 3.22. The number of hydrogen-bond donors (Lipinski definition) is 0. The minimum atomic E-state index is 1.64. The van der Waals surface area contributed by atoms with Crippen LogP contribution in [-0.2, 0) is 0 Å². The van der Waals surface area contributed by atoms with Crippen LogP contribution in [0.2, 0.25) is 0 Å². The van der Waals surface area contributed by atoms with Gasteiger partial charge in [-0.3, -0.25) is 0 Å². The van der Waals surface area contributed by atoms with Crippen LogP contribution in [0.4, 0.5) is 0 Å². The fourth-order valence-electron chi connectivity index (χ4n) is 1.02. The predicted octanol–water partition coefficient (Wildman–Crippen LogP) is 3.85. The molecule has 0 N–H and O–H groups in total. The Hall–Kier alpha value is -2.48. The van der Waals surface area contributed by atoms with Gasteiger partial charge in [0.15, 0.2) is 0 Å². The summed E-state index contributed by atoms with van der Waals surface area (Å²) < 4.78 is 0. The highest BCUT2D eigenvalue weighted by Crippen LogP contribution is 1.78. The molecule has 1 aromatic rings. The fourth-order valence-corrected chi connectivity index (χ4v) is 1.02. The molecule has 0 atom stereocenters. The Morgan fingerprint density at radius 1 is 0.278 bits per heavy atom. The number of rotatable bonds is 0. The van der Waals surface area contributed by atoms with Crippen molar-refractivity contribution in [3.63, 3.8) is 0 Å². The van der Waals surface area contributed by atoms with Crippen LogP contribution in [-0.4, -0.2) is 10.2 Å². The second kappa shape index (κ2) is 11.0. The Kier molecular flexibility index (Phi) is 8.32. The molecule has 0 fully saturated rings. The quantitative estimate of drug-likeness (QED) is 0.683. The molecule has 2 heteroatoms. The highest BCUT2D eigenvalue weighted by molar-refractivity contribution is 4.97. The van der Waals surface area contributed by atoms with Gasteiger partial charge < -0.3 is 0 Å². The van der Waals surface area contributed by atoms with E-state index in [4.69, 9.17) is 0 Å². The van der Waals surface area contributed by atoms with E-state index < -0.39 is 0 Å². The standard InChI is InChI=1S/C16H16N2/c1-2-4-6-8-10-12-14-16-18-17-15-13-11-9-7-5-3-1/h1-16H. The van der Waals surface area contributed by atoms with Gasteiger partial charge in [-0.1, -0.05) is 72.8 Å². The molecule has 0 aliphatic rings. The summed E-state index contributed by atoms with van der Waals surface area (Å²) in [5, 5.41) is 7.68. The van der Waals surface area contributed by atoms with E-state index in [0.717, 1.165) is 0 Å². The Bertz CT molecular complexity index is 300. The van der Waals surface area contributed by atoms with E-state index in [1.165, 1.54) is 0 Å². The van der Waals surface area contributed by atoms with Crippen LogP contribution < -0.4 is 0 Å². The molecule has 1 aromatic heterocycles. The molecule has 0 aliphatic carbocycles. The summed E-state index contributed by atoms with van der Waals surface area (Å²) in [5.74, 6) is 0. The maximum absolute atomic E-state index is 3.84. The molecule has 0 aromatic carbocycles. The largest absolute Gasteiger partial charge is 0.159 e. The average molecular weight is 236 g/mol. The summed E-state index contributed by atoms with van der Waals surface area (Å²) in [4.78, 5) is 0. The normalized spacial score (nSPS) is 8.00. The van der Waals surface area contributed by atoms with Crippen molar-refractivity contribution in [3.05, 3.63) is 97.3 Å². The first-order chi connectivity index (χ1) is 9.00. The number of nitrogens with zero attached hydrogens (tertiary/aromatic N) is 2. The van der Waals surface area contributed by atoms with Crippen molar-refractivity contribution in [2.75, 3.05) is 0 Å². The topological polar surface area (TPSA) is 25.8 Å². The molecule has 0 radical (unpaired) electrons. The molecule has 1 rings (SSSR count). The van der Waals surface area contributed by atoms with E-state index in [2.05, 4.69) is 10.2 Å². The molecular formula is C16H16N2. The van der Waals surface area contributed by atoms with Gasteiger partial charge in [0.2, 0.25) is 0 Å². The van der Waals surface area contributed by atoms with Crippen LogP contribution in [0.15, 0.2) is 97.3 Å². The van der Waals surface area contributed by atoms with Crippen molar-refractivity contribution >= 4 is 0 Å². The Morgan fingerprint density at radius 3 is 0.778 bits per heavy atom. The third-order valence-electron chi connectivity index (χ3n) is 1.82. The van der Waals surface area contributed by atoms with Crippen LogP contribution in [0.5, 0.6) is 0 Å². The van der Waals surface area contributed by atoms with Gasteiger partial charge in [0, 0.05) is 12.4 Å². The summed E-state index contributed by atoms with van der Waals surface area (Å²) >= 11 is 0. The zero-order chi connectivity index (χ0) is 12.7. The van der Waals surface area contributed by atoms with E-state index in [1.54, 1.807) is 12.4 Å². The number of aromatic nitrogens is 2. The van der Waals surface area contributed by atoms with E-state index in [9.17, 15) is 0 Å². The lowest BCUT2D eigenvalue weighted by Crippen LogP contribution is -1.65. The lowest BCUT2D eigenvalue weighted by molar-refractivity contribution is 1.05. The van der Waals surface area contributed by atoms with Gasteiger partial charge in [-0.15, -0.1) is 0 Å². The van der Waals surface area contributed by atoms with Crippen LogP contribution in [0.25, 0.3) is 0 Å². The third-order valence-corrected chi connectivity index (χ3v) is 1.82. The van der Waals surface area contributed by atoms with Crippen molar-refractivity contribution in [2.45, 2.75) is 0 Å². The minimum absolute atomic E-state index is 1.64. The average Bonchev–Trinajstić information content (AvgIpc) is 2.39. The van der Waals surface area contributed by atoms with Crippen LogP contribution in [0, 0.1) is 0 Å². The minimum Gasteiger partial charge on any atom is -0.159 e. The van der Waals surface area contributed by atoms with Crippen molar-refractivity contribution in [3.8, 4) is 0 Å². The third kappa shape index (κ3) is 8.80. The molecule has 0 saturated carbocycles. The van der Waals surface area contributed by atoms with E-state index in [1.807, 2.05) is 84.9 Å². The summed E-state index contributed by atoms with van der Waals surface area (Å²) in [6.07, 6.45) is 3.28. The van der Waals surface area contributed by atoms with Crippen LogP contribution in [0.3, 0.4) is 0 Å². The van der Waals surface area contributed by atoms with Gasteiger partial charge in [-0.2, -0.15) is 10.2 Å². The van der Waals surface area contributed by atoms with Gasteiger partial charge in [0.05, 0.1) is 0 Å². The maximum atomic E-state index is 3.84. The smallest absolute Gasteiger partial charge is 0.0495 e. The Balaban J connectivity index is 3.00. The van der Waals surface area contributed by atoms with Crippen LogP contribution >= 0.6 is 0 Å². The molecule has 0 amide bonds. The van der Waals surface area contributed by atoms with Crippen molar-refractivity contribution in [2.24, 2.45) is 0 Å². The molecule has 2 nitrogen and oxygen atoms in total. The molecule has 1 heterocycles. The zero-order valence-corrected chi connectivity index (χ0v) is 10.1. The molecule has 0 saturated heterocycles. The SMILES string of the molecule is c1ccccccccnnccccccc1. The Labute approximate surface area is 108 Å². The molecule has 0 spiro atoms.